The smallest absolute Gasteiger partial charge is 0.236 e. The summed E-state index contributed by atoms with van der Waals surface area (Å²) in [5, 5.41) is 2.58. The number of hydrogen-bond donors (Lipinski definition) is 1. The molecule has 0 atom stereocenters. The lowest BCUT2D eigenvalue weighted by Crippen LogP contribution is -2.19. The van der Waals surface area contributed by atoms with E-state index in [-0.39, 0.29) is 5.17 Å². The highest BCUT2D eigenvalue weighted by molar-refractivity contribution is 8.09. The van der Waals surface area contributed by atoms with Crippen LogP contribution in [-0.4, -0.2) is 20.6 Å². The lowest BCUT2D eigenvalue weighted by Gasteiger charge is -1.94. The van der Waals surface area contributed by atoms with Crippen LogP contribution in [0.3, 0.4) is 0 Å². The summed E-state index contributed by atoms with van der Waals surface area (Å²) in [4.78, 5) is 3.87. The maximum absolute atomic E-state index is 11.1. The van der Waals surface area contributed by atoms with Crippen LogP contribution in [0.1, 0.15) is 6.92 Å². The van der Waals surface area contributed by atoms with E-state index >= 15 is 0 Å². The molecule has 0 amide bonds. The molecule has 10 heavy (non-hydrogen) atoms. The first kappa shape index (κ1) is 7.27. The Kier molecular flexibility index (Phi) is 1.52. The number of hydrogen-bond acceptors (Lipinski definition) is 3. The van der Waals surface area contributed by atoms with Crippen LogP contribution in [0.4, 0.5) is 0 Å². The molecule has 5 heteroatoms. The van der Waals surface area contributed by atoms with Gasteiger partial charge in [0.15, 0.2) is 0 Å². The highest BCUT2D eigenvalue weighted by atomic mass is 32.2. The van der Waals surface area contributed by atoms with Gasteiger partial charge in [-0.1, -0.05) is 0 Å². The molecule has 0 spiro atoms. The third-order valence-corrected chi connectivity index (χ3v) is 3.06. The molecule has 0 saturated carbocycles. The normalized spacial score (nSPS) is 26.2. The molecule has 1 N–H and O–H groups in total. The highest BCUT2D eigenvalue weighted by Crippen LogP contribution is 2.11. The fourth-order valence-corrected chi connectivity index (χ4v) is 1.63. The Bertz CT molecular complexity index is 300. The van der Waals surface area contributed by atoms with Gasteiger partial charge in [0.2, 0.25) is 15.0 Å². The Morgan fingerprint density at radius 1 is 1.60 bits per heavy atom. The molecule has 0 aromatic rings. The van der Waals surface area contributed by atoms with Crippen molar-refractivity contribution >= 4 is 15.0 Å². The summed E-state index contributed by atoms with van der Waals surface area (Å²) in [5.74, 6) is 0. The third kappa shape index (κ3) is 0.824. The Morgan fingerprint density at radius 3 is 2.40 bits per heavy atom. The number of amidine groups is 1. The molecule has 0 saturated heterocycles. The van der Waals surface area contributed by atoms with Crippen LogP contribution < -0.4 is 5.32 Å². The Balaban J connectivity index is 3.22. The third-order valence-electron chi connectivity index (χ3n) is 1.28. The van der Waals surface area contributed by atoms with E-state index in [2.05, 4.69) is 10.3 Å². The summed E-state index contributed by atoms with van der Waals surface area (Å²) < 4.78 is 22.1. The van der Waals surface area contributed by atoms with Gasteiger partial charge in [0, 0.05) is 13.2 Å². The summed E-state index contributed by atoms with van der Waals surface area (Å²) in [5.41, 5.74) is 0. The molecule has 1 rings (SSSR count). The molecule has 0 aliphatic carbocycles. The van der Waals surface area contributed by atoms with Crippen molar-refractivity contribution in [2.24, 2.45) is 4.99 Å². The first-order valence-electron chi connectivity index (χ1n) is 2.74. The maximum atomic E-state index is 11.1. The number of aliphatic imine (C=N–C) groups is 1. The monoisotopic (exact) mass is 160 g/mol. The van der Waals surface area contributed by atoms with Crippen LogP contribution in [0.25, 0.3) is 0 Å². The molecular formula is C5H8N2O2S. The van der Waals surface area contributed by atoms with Gasteiger partial charge in [-0.2, -0.15) is 0 Å². The SMILES string of the molecule is CN=C1NC=C(C)S1(=O)=O. The van der Waals surface area contributed by atoms with Crippen LogP contribution in [0.5, 0.6) is 0 Å². The molecule has 1 aliphatic heterocycles. The first-order chi connectivity index (χ1) is 4.59. The van der Waals surface area contributed by atoms with Gasteiger partial charge in [0.05, 0.1) is 4.91 Å². The first-order valence-corrected chi connectivity index (χ1v) is 4.22. The second kappa shape index (κ2) is 2.09. The predicted molar refractivity (Wildman–Crippen MR) is 39.2 cm³/mol. The summed E-state index contributed by atoms with van der Waals surface area (Å²) in [6, 6.07) is 0. The minimum Gasteiger partial charge on any atom is -0.336 e. The van der Waals surface area contributed by atoms with Gasteiger partial charge in [-0.15, -0.1) is 0 Å². The standard InChI is InChI=1S/C5H8N2O2S/c1-4-3-7-5(6-2)10(4,8)9/h3H,1-2H3,(H,6,7). The zero-order valence-electron chi connectivity index (χ0n) is 5.75. The van der Waals surface area contributed by atoms with Crippen molar-refractivity contribution in [2.75, 3.05) is 7.05 Å². The molecule has 56 valence electrons. The minimum absolute atomic E-state index is 0.0324. The van der Waals surface area contributed by atoms with Crippen LogP contribution >= 0.6 is 0 Å². The van der Waals surface area contributed by atoms with Gasteiger partial charge >= 0.3 is 0 Å². The molecule has 0 fully saturated rings. The molecule has 0 radical (unpaired) electrons. The van der Waals surface area contributed by atoms with Gasteiger partial charge in [0.1, 0.15) is 0 Å². The average molecular weight is 160 g/mol. The van der Waals surface area contributed by atoms with E-state index in [4.69, 9.17) is 0 Å². The molecule has 0 aromatic carbocycles. The number of allylic oxidation sites excluding steroid dienone is 1. The van der Waals surface area contributed by atoms with Crippen molar-refractivity contribution in [1.29, 1.82) is 0 Å². The quantitative estimate of drug-likeness (QED) is 0.536. The molecule has 0 unspecified atom stereocenters. The van der Waals surface area contributed by atoms with Gasteiger partial charge in [-0.3, -0.25) is 4.99 Å². The van der Waals surface area contributed by atoms with Crippen LogP contribution in [0, 0.1) is 0 Å². The molecule has 0 bridgehead atoms. The zero-order chi connectivity index (χ0) is 7.78. The highest BCUT2D eigenvalue weighted by Gasteiger charge is 2.25. The second-order valence-corrected chi connectivity index (χ2v) is 3.97. The topological polar surface area (TPSA) is 58.5 Å². The van der Waals surface area contributed by atoms with Crippen molar-refractivity contribution in [1.82, 2.24) is 5.32 Å². The maximum Gasteiger partial charge on any atom is 0.236 e. The van der Waals surface area contributed by atoms with Crippen LogP contribution in [0.2, 0.25) is 0 Å². The fourth-order valence-electron chi connectivity index (χ4n) is 0.656. The van der Waals surface area contributed by atoms with Crippen molar-refractivity contribution in [3.63, 3.8) is 0 Å². The lowest BCUT2D eigenvalue weighted by molar-refractivity contribution is 0.613. The van der Waals surface area contributed by atoms with E-state index in [0.29, 0.717) is 4.91 Å². The van der Waals surface area contributed by atoms with E-state index in [0.717, 1.165) is 0 Å². The van der Waals surface area contributed by atoms with Gasteiger partial charge in [0.25, 0.3) is 0 Å². The minimum atomic E-state index is -3.22. The van der Waals surface area contributed by atoms with Gasteiger partial charge < -0.3 is 5.32 Å². The van der Waals surface area contributed by atoms with Crippen LogP contribution in [0.15, 0.2) is 16.1 Å². The summed E-state index contributed by atoms with van der Waals surface area (Å²) in [6.45, 7) is 1.53. The lowest BCUT2D eigenvalue weighted by atomic mass is 10.7. The Hall–Kier alpha value is -0.840. The summed E-state index contributed by atoms with van der Waals surface area (Å²) >= 11 is 0. The molecule has 1 aliphatic rings. The number of rotatable bonds is 0. The molecule has 0 aromatic heterocycles. The summed E-state index contributed by atoms with van der Waals surface area (Å²) in [6.07, 6.45) is 1.43. The van der Waals surface area contributed by atoms with E-state index in [1.165, 1.54) is 20.2 Å². The number of nitrogens with zero attached hydrogens (tertiary/aromatic N) is 1. The Labute approximate surface area is 59.6 Å². The second-order valence-electron chi connectivity index (χ2n) is 1.93. The largest absolute Gasteiger partial charge is 0.336 e. The van der Waals surface area contributed by atoms with Crippen molar-refractivity contribution in [3.8, 4) is 0 Å². The van der Waals surface area contributed by atoms with E-state index in [1.807, 2.05) is 0 Å². The molecular weight excluding hydrogens is 152 g/mol. The van der Waals surface area contributed by atoms with Gasteiger partial charge in [-0.25, -0.2) is 8.42 Å². The van der Waals surface area contributed by atoms with E-state index < -0.39 is 9.84 Å². The zero-order valence-corrected chi connectivity index (χ0v) is 6.57. The summed E-state index contributed by atoms with van der Waals surface area (Å²) in [7, 11) is -1.78. The van der Waals surface area contributed by atoms with E-state index in [1.54, 1.807) is 0 Å². The number of nitrogens with one attached hydrogen (secondary N) is 1. The van der Waals surface area contributed by atoms with Crippen molar-refractivity contribution < 1.29 is 8.42 Å². The van der Waals surface area contributed by atoms with Crippen LogP contribution in [-0.2, 0) is 9.84 Å². The predicted octanol–water partition coefficient (Wildman–Crippen LogP) is -0.149. The van der Waals surface area contributed by atoms with Gasteiger partial charge in [-0.05, 0) is 6.92 Å². The number of sulfone groups is 1. The molecule has 4 nitrogen and oxygen atoms in total. The van der Waals surface area contributed by atoms with Crippen molar-refractivity contribution in [2.45, 2.75) is 6.92 Å². The fraction of sp³-hybridized carbons (Fsp3) is 0.400. The molecule has 1 heterocycles. The Morgan fingerprint density at radius 2 is 2.20 bits per heavy atom. The van der Waals surface area contributed by atoms with Crippen molar-refractivity contribution in [3.05, 3.63) is 11.1 Å². The van der Waals surface area contributed by atoms with E-state index in [9.17, 15) is 8.42 Å². The average Bonchev–Trinajstić information content (AvgIpc) is 2.10.